The summed E-state index contributed by atoms with van der Waals surface area (Å²) in [5.41, 5.74) is 1.27. The van der Waals surface area contributed by atoms with E-state index in [1.54, 1.807) is 17.0 Å². The third-order valence-corrected chi connectivity index (χ3v) is 6.23. The molecular weight excluding hydrogens is 314 g/mol. The Labute approximate surface area is 138 Å². The van der Waals surface area contributed by atoms with Gasteiger partial charge in [-0.1, -0.05) is 19.9 Å². The van der Waals surface area contributed by atoms with Crippen LogP contribution in [0.2, 0.25) is 0 Å². The van der Waals surface area contributed by atoms with Crippen LogP contribution in [-0.2, 0) is 10.0 Å². The van der Waals surface area contributed by atoms with E-state index in [9.17, 15) is 13.2 Å². The molecule has 2 rings (SSSR count). The van der Waals surface area contributed by atoms with Crippen molar-refractivity contribution in [3.63, 3.8) is 0 Å². The van der Waals surface area contributed by atoms with Gasteiger partial charge in [-0.2, -0.15) is 4.31 Å². The Hall–Kier alpha value is -1.44. The first-order valence-corrected chi connectivity index (χ1v) is 9.46. The zero-order valence-electron chi connectivity index (χ0n) is 14.0. The molecule has 0 saturated carbocycles. The van der Waals surface area contributed by atoms with Gasteiger partial charge in [-0.25, -0.2) is 8.42 Å². The number of piperazine rings is 1. The molecule has 0 aromatic heterocycles. The van der Waals surface area contributed by atoms with Crippen LogP contribution in [0.4, 0.5) is 0 Å². The summed E-state index contributed by atoms with van der Waals surface area (Å²) in [6.07, 6.45) is 0. The lowest BCUT2D eigenvalue weighted by molar-refractivity contribution is 0.0735. The molecule has 1 aliphatic heterocycles. The predicted octanol–water partition coefficient (Wildman–Crippen LogP) is 1.07. The maximum atomic E-state index is 12.7. The van der Waals surface area contributed by atoms with E-state index in [0.717, 1.165) is 18.7 Å². The van der Waals surface area contributed by atoms with Crippen LogP contribution in [0.15, 0.2) is 23.1 Å². The molecule has 1 N–H and O–H groups in total. The summed E-state index contributed by atoms with van der Waals surface area (Å²) < 4.78 is 26.7. The number of nitrogens with one attached hydrogen (secondary N) is 1. The summed E-state index contributed by atoms with van der Waals surface area (Å²) in [6.45, 7) is 9.09. The Bertz CT molecular complexity index is 663. The Morgan fingerprint density at radius 3 is 2.39 bits per heavy atom. The molecule has 1 aliphatic rings. The second kappa shape index (κ2) is 7.42. The molecule has 0 radical (unpaired) electrons. The number of carbonyl (C=O) groups excluding carboxylic acids is 1. The number of carbonyl (C=O) groups is 1. The molecule has 23 heavy (non-hydrogen) atoms. The predicted molar refractivity (Wildman–Crippen MR) is 90.1 cm³/mol. The van der Waals surface area contributed by atoms with Crippen molar-refractivity contribution in [2.24, 2.45) is 0 Å². The number of hydrogen-bond acceptors (Lipinski definition) is 4. The minimum Gasteiger partial charge on any atom is -0.336 e. The highest BCUT2D eigenvalue weighted by molar-refractivity contribution is 7.89. The Kier molecular flexibility index (Phi) is 5.78. The zero-order chi connectivity index (χ0) is 17.0. The highest BCUT2D eigenvalue weighted by Gasteiger charge is 2.25. The van der Waals surface area contributed by atoms with Crippen LogP contribution in [0, 0.1) is 6.92 Å². The van der Waals surface area contributed by atoms with Crippen molar-refractivity contribution in [1.29, 1.82) is 0 Å². The van der Waals surface area contributed by atoms with Gasteiger partial charge in [0.1, 0.15) is 0 Å². The lowest BCUT2D eigenvalue weighted by Gasteiger charge is -2.28. The third kappa shape index (κ3) is 3.73. The van der Waals surface area contributed by atoms with E-state index in [4.69, 9.17) is 0 Å². The topological polar surface area (TPSA) is 69.7 Å². The summed E-state index contributed by atoms with van der Waals surface area (Å²) >= 11 is 0. The molecule has 1 aromatic rings. The number of sulfonamides is 1. The fourth-order valence-corrected chi connectivity index (χ4v) is 4.23. The molecule has 0 spiro atoms. The lowest BCUT2D eigenvalue weighted by atomic mass is 10.1. The number of nitrogens with zero attached hydrogens (tertiary/aromatic N) is 2. The summed E-state index contributed by atoms with van der Waals surface area (Å²) in [7, 11) is -3.55. The Balaban J connectivity index is 2.37. The van der Waals surface area contributed by atoms with E-state index in [2.05, 4.69) is 5.32 Å². The molecule has 0 atom stereocenters. The molecule has 1 fully saturated rings. The molecule has 1 saturated heterocycles. The average molecular weight is 339 g/mol. The van der Waals surface area contributed by atoms with Crippen LogP contribution >= 0.6 is 0 Å². The lowest BCUT2D eigenvalue weighted by Crippen LogP contribution is -2.46. The highest BCUT2D eigenvalue weighted by Crippen LogP contribution is 2.21. The van der Waals surface area contributed by atoms with Crippen LogP contribution in [-0.4, -0.2) is 62.8 Å². The molecule has 1 amide bonds. The first kappa shape index (κ1) is 17.9. The molecule has 128 valence electrons. The summed E-state index contributed by atoms with van der Waals surface area (Å²) in [5, 5.41) is 3.21. The molecule has 7 heteroatoms. The van der Waals surface area contributed by atoms with Crippen molar-refractivity contribution < 1.29 is 13.2 Å². The SMILES string of the molecule is CCN(CC)S(=O)(=O)c1ccc(C)c(C(=O)N2CCNCC2)c1. The maximum absolute atomic E-state index is 12.7. The van der Waals surface area contributed by atoms with Crippen molar-refractivity contribution in [2.75, 3.05) is 39.3 Å². The monoisotopic (exact) mass is 339 g/mol. The van der Waals surface area contributed by atoms with Crippen molar-refractivity contribution >= 4 is 15.9 Å². The molecule has 0 aliphatic carbocycles. The first-order valence-electron chi connectivity index (χ1n) is 8.02. The van der Waals surface area contributed by atoms with E-state index in [1.165, 1.54) is 10.4 Å². The fraction of sp³-hybridized carbons (Fsp3) is 0.562. The minimum atomic E-state index is -3.55. The summed E-state index contributed by atoms with van der Waals surface area (Å²) in [4.78, 5) is 14.7. The normalized spacial score (nSPS) is 15.9. The van der Waals surface area contributed by atoms with Gasteiger partial charge in [0, 0.05) is 44.8 Å². The van der Waals surface area contributed by atoms with E-state index in [1.807, 2.05) is 20.8 Å². The largest absolute Gasteiger partial charge is 0.336 e. The van der Waals surface area contributed by atoms with Gasteiger partial charge in [0.15, 0.2) is 0 Å². The Morgan fingerprint density at radius 2 is 1.83 bits per heavy atom. The van der Waals surface area contributed by atoms with Crippen molar-refractivity contribution in [3.05, 3.63) is 29.3 Å². The number of hydrogen-bond donors (Lipinski definition) is 1. The van der Waals surface area contributed by atoms with Crippen molar-refractivity contribution in [2.45, 2.75) is 25.7 Å². The van der Waals surface area contributed by atoms with Crippen LogP contribution in [0.1, 0.15) is 29.8 Å². The van der Waals surface area contributed by atoms with E-state index in [-0.39, 0.29) is 10.8 Å². The van der Waals surface area contributed by atoms with Gasteiger partial charge in [-0.15, -0.1) is 0 Å². The maximum Gasteiger partial charge on any atom is 0.254 e. The first-order chi connectivity index (χ1) is 10.9. The third-order valence-electron chi connectivity index (χ3n) is 4.19. The van der Waals surface area contributed by atoms with Crippen LogP contribution in [0.3, 0.4) is 0 Å². The number of amides is 1. The van der Waals surface area contributed by atoms with Gasteiger partial charge < -0.3 is 10.2 Å². The minimum absolute atomic E-state index is 0.0967. The van der Waals surface area contributed by atoms with Gasteiger partial charge in [-0.05, 0) is 24.6 Å². The van der Waals surface area contributed by atoms with Gasteiger partial charge in [-0.3, -0.25) is 4.79 Å². The molecule has 1 aromatic carbocycles. The van der Waals surface area contributed by atoms with Gasteiger partial charge >= 0.3 is 0 Å². The Morgan fingerprint density at radius 1 is 1.22 bits per heavy atom. The van der Waals surface area contributed by atoms with Gasteiger partial charge in [0.25, 0.3) is 5.91 Å². The fourth-order valence-electron chi connectivity index (χ4n) is 2.74. The van der Waals surface area contributed by atoms with Crippen molar-refractivity contribution in [3.8, 4) is 0 Å². The molecule has 6 nitrogen and oxygen atoms in total. The summed E-state index contributed by atoms with van der Waals surface area (Å²) in [6, 6.07) is 4.82. The van der Waals surface area contributed by atoms with Crippen LogP contribution in [0.25, 0.3) is 0 Å². The second-order valence-corrected chi connectivity index (χ2v) is 7.55. The molecule has 1 heterocycles. The van der Waals surface area contributed by atoms with Gasteiger partial charge in [0.2, 0.25) is 10.0 Å². The summed E-state index contributed by atoms with van der Waals surface area (Å²) in [5.74, 6) is -0.0967. The standard InChI is InChI=1S/C16H25N3O3S/c1-4-19(5-2)23(21,22)14-7-6-13(3)15(12-14)16(20)18-10-8-17-9-11-18/h6-7,12,17H,4-5,8-11H2,1-3H3. The van der Waals surface area contributed by atoms with Crippen LogP contribution in [0.5, 0.6) is 0 Å². The van der Waals surface area contributed by atoms with E-state index < -0.39 is 10.0 Å². The number of benzene rings is 1. The van der Waals surface area contributed by atoms with E-state index in [0.29, 0.717) is 31.7 Å². The van der Waals surface area contributed by atoms with Crippen molar-refractivity contribution in [1.82, 2.24) is 14.5 Å². The van der Waals surface area contributed by atoms with E-state index >= 15 is 0 Å². The number of aryl methyl sites for hydroxylation is 1. The number of rotatable bonds is 5. The van der Waals surface area contributed by atoms with Gasteiger partial charge in [0.05, 0.1) is 4.90 Å². The highest BCUT2D eigenvalue weighted by atomic mass is 32.2. The average Bonchev–Trinajstić information content (AvgIpc) is 2.56. The zero-order valence-corrected chi connectivity index (χ0v) is 14.8. The second-order valence-electron chi connectivity index (χ2n) is 5.61. The molecule has 0 bridgehead atoms. The quantitative estimate of drug-likeness (QED) is 0.871. The molecule has 0 unspecified atom stereocenters. The van der Waals surface area contributed by atoms with Crippen LogP contribution < -0.4 is 5.32 Å². The smallest absolute Gasteiger partial charge is 0.254 e. The molecular formula is C16H25N3O3S.